The number of benzene rings is 3. The molecule has 9 nitrogen and oxygen atoms in total. The van der Waals surface area contributed by atoms with Crippen LogP contribution in [0.3, 0.4) is 0 Å². The number of hydrazine groups is 1. The third-order valence-corrected chi connectivity index (χ3v) is 7.60. The number of carbonyl (C=O) groups is 2. The van der Waals surface area contributed by atoms with Crippen molar-refractivity contribution < 1.29 is 23.5 Å². The minimum atomic E-state index is -2.44. The molecule has 1 fully saturated rings. The van der Waals surface area contributed by atoms with Crippen molar-refractivity contribution in [2.45, 2.75) is 26.4 Å². The first-order chi connectivity index (χ1) is 19.7. The number of piperazine rings is 1. The Morgan fingerprint density at radius 1 is 0.927 bits per heavy atom. The Labute approximate surface area is 243 Å². The molecule has 0 radical (unpaired) electrons. The number of nitrogens with zero attached hydrogens (tertiary/aromatic N) is 3. The van der Waals surface area contributed by atoms with Crippen LogP contribution < -0.4 is 10.2 Å². The van der Waals surface area contributed by atoms with Crippen molar-refractivity contribution in [1.29, 1.82) is 0 Å². The van der Waals surface area contributed by atoms with E-state index < -0.39 is 23.3 Å². The monoisotopic (exact) mass is 574 g/mol. The molecule has 1 aliphatic heterocycles. The lowest BCUT2D eigenvalue weighted by Gasteiger charge is -2.42. The van der Waals surface area contributed by atoms with Crippen molar-refractivity contribution in [3.05, 3.63) is 101 Å². The summed E-state index contributed by atoms with van der Waals surface area (Å²) in [7, 11) is 0. The topological polar surface area (TPSA) is 113 Å². The van der Waals surface area contributed by atoms with Gasteiger partial charge in [0.05, 0.1) is 0 Å². The summed E-state index contributed by atoms with van der Waals surface area (Å²) in [5, 5.41) is 14.2. The Bertz CT molecular complexity index is 1430. The Kier molecular flexibility index (Phi) is 10.3. The highest BCUT2D eigenvalue weighted by atomic mass is 32.2. The maximum absolute atomic E-state index is 12.6. The molecule has 0 bridgehead atoms. The Hall–Kier alpha value is -4.01. The summed E-state index contributed by atoms with van der Waals surface area (Å²) in [5.41, 5.74) is 4.14. The minimum Gasteiger partial charge on any atom is -0.480 e. The van der Waals surface area contributed by atoms with Crippen LogP contribution in [0.25, 0.3) is 0 Å². The molecule has 3 aromatic carbocycles. The summed E-state index contributed by atoms with van der Waals surface area (Å²) in [4.78, 5) is 26.5. The van der Waals surface area contributed by atoms with Gasteiger partial charge in [-0.2, -0.15) is 0 Å². The van der Waals surface area contributed by atoms with Crippen molar-refractivity contribution in [1.82, 2.24) is 14.7 Å². The lowest BCUT2D eigenvalue weighted by Crippen LogP contribution is -2.60. The molecule has 0 aromatic heterocycles. The summed E-state index contributed by atoms with van der Waals surface area (Å²) >= 11 is -2.44. The molecule has 1 amide bonds. The highest BCUT2D eigenvalue weighted by molar-refractivity contribution is 7.76. The second-order valence-electron chi connectivity index (χ2n) is 10.0. The molecule has 0 spiro atoms. The Morgan fingerprint density at radius 3 is 2.20 bits per heavy atom. The molecule has 2 atom stereocenters. The number of amides is 1. The van der Waals surface area contributed by atoms with Crippen molar-refractivity contribution in [3.8, 4) is 11.8 Å². The summed E-state index contributed by atoms with van der Waals surface area (Å²) < 4.78 is 22.9. The van der Waals surface area contributed by atoms with Gasteiger partial charge in [0.15, 0.2) is 0 Å². The van der Waals surface area contributed by atoms with E-state index in [-0.39, 0.29) is 11.8 Å². The second kappa shape index (κ2) is 14.1. The van der Waals surface area contributed by atoms with Crippen LogP contribution in [0.5, 0.6) is 0 Å². The zero-order valence-corrected chi connectivity index (χ0v) is 23.9. The number of carboxylic acids is 1. The third kappa shape index (κ3) is 8.02. The van der Waals surface area contributed by atoms with Crippen LogP contribution in [0.2, 0.25) is 0 Å². The molecule has 2 unspecified atom stereocenters. The normalized spacial score (nSPS) is 15.2. The number of hydrogen-bond acceptors (Lipinski definition) is 5. The van der Waals surface area contributed by atoms with Crippen molar-refractivity contribution >= 4 is 28.8 Å². The molecule has 1 aliphatic rings. The fourth-order valence-electron chi connectivity index (χ4n) is 4.68. The summed E-state index contributed by atoms with van der Waals surface area (Å²) in [6.07, 6.45) is 0. The van der Waals surface area contributed by atoms with Crippen LogP contribution in [0.15, 0.2) is 78.9 Å². The van der Waals surface area contributed by atoms with Crippen molar-refractivity contribution in [2.75, 3.05) is 31.1 Å². The molecule has 3 N–H and O–H groups in total. The SMILES string of the molecule is CC(C)C(C(=O)O)N(N1CCN(c2ccc(C#Cc3cccc(C(=O)NCc4ccccc4)c3)cc2)CC1)S(=O)O. The number of aliphatic carboxylic acids is 1. The zero-order valence-electron chi connectivity index (χ0n) is 23.1. The number of carboxylic acid groups (broad SMARTS) is 1. The third-order valence-electron chi connectivity index (χ3n) is 6.82. The number of nitrogens with one attached hydrogen (secondary N) is 1. The quantitative estimate of drug-likeness (QED) is 0.264. The van der Waals surface area contributed by atoms with E-state index in [1.807, 2.05) is 66.7 Å². The van der Waals surface area contributed by atoms with Gasteiger partial charge in [0.1, 0.15) is 6.04 Å². The van der Waals surface area contributed by atoms with Gasteiger partial charge in [0, 0.05) is 55.1 Å². The standard InChI is InChI=1S/C31H34N4O5S/c1-23(2)29(31(37)38)35(41(39)40)34-19-17-33(18-20-34)28-15-13-24(14-16-28)11-12-25-9-6-10-27(21-25)30(36)32-22-26-7-4-3-5-8-26/h3-10,13-16,21,23,29H,17-20,22H2,1-2H3,(H,32,36)(H,37,38)(H,39,40). The van der Waals surface area contributed by atoms with Gasteiger partial charge >= 0.3 is 5.97 Å². The Balaban J connectivity index is 1.35. The molecule has 0 aliphatic carbocycles. The zero-order chi connectivity index (χ0) is 29.4. The highest BCUT2D eigenvalue weighted by Crippen LogP contribution is 2.21. The molecule has 3 aromatic rings. The molecular formula is C31H34N4O5S. The first-order valence-electron chi connectivity index (χ1n) is 13.4. The smallest absolute Gasteiger partial charge is 0.323 e. The largest absolute Gasteiger partial charge is 0.480 e. The molecule has 10 heteroatoms. The molecule has 214 valence electrons. The molecule has 41 heavy (non-hydrogen) atoms. The fraction of sp³-hybridized carbons (Fsp3) is 0.290. The van der Waals surface area contributed by atoms with Crippen LogP contribution in [0.1, 0.15) is 40.9 Å². The maximum atomic E-state index is 12.6. The van der Waals surface area contributed by atoms with Crippen LogP contribution in [-0.2, 0) is 22.6 Å². The van der Waals surface area contributed by atoms with E-state index in [4.69, 9.17) is 0 Å². The van der Waals surface area contributed by atoms with E-state index in [2.05, 4.69) is 22.1 Å². The average Bonchev–Trinajstić information content (AvgIpc) is 2.98. The first kappa shape index (κ1) is 30.0. The van der Waals surface area contributed by atoms with Gasteiger partial charge in [-0.25, -0.2) is 9.22 Å². The van der Waals surface area contributed by atoms with E-state index in [9.17, 15) is 23.5 Å². The van der Waals surface area contributed by atoms with E-state index in [1.54, 1.807) is 31.0 Å². The Morgan fingerprint density at radius 2 is 1.59 bits per heavy atom. The maximum Gasteiger partial charge on any atom is 0.323 e. The predicted molar refractivity (Wildman–Crippen MR) is 159 cm³/mol. The average molecular weight is 575 g/mol. The van der Waals surface area contributed by atoms with E-state index >= 15 is 0 Å². The minimum absolute atomic E-state index is 0.155. The molecule has 4 rings (SSSR count). The van der Waals surface area contributed by atoms with Gasteiger partial charge < -0.3 is 15.3 Å². The van der Waals surface area contributed by atoms with E-state index in [0.29, 0.717) is 38.3 Å². The summed E-state index contributed by atoms with van der Waals surface area (Å²) in [6.45, 7) is 5.88. The highest BCUT2D eigenvalue weighted by Gasteiger charge is 2.38. The van der Waals surface area contributed by atoms with Crippen LogP contribution in [0.4, 0.5) is 5.69 Å². The lowest BCUT2D eigenvalue weighted by atomic mass is 10.1. The van der Waals surface area contributed by atoms with E-state index in [0.717, 1.165) is 26.8 Å². The summed E-state index contributed by atoms with van der Waals surface area (Å²) in [5.74, 6) is 4.66. The number of carbonyl (C=O) groups excluding carboxylic acids is 1. The van der Waals surface area contributed by atoms with Crippen LogP contribution in [-0.4, -0.2) is 67.4 Å². The van der Waals surface area contributed by atoms with E-state index in [1.165, 1.54) is 0 Å². The van der Waals surface area contributed by atoms with Gasteiger partial charge in [-0.15, -0.1) is 4.41 Å². The van der Waals surface area contributed by atoms with Crippen LogP contribution >= 0.6 is 0 Å². The van der Waals surface area contributed by atoms with Gasteiger partial charge in [-0.05, 0) is 53.9 Å². The lowest BCUT2D eigenvalue weighted by molar-refractivity contribution is -0.148. The van der Waals surface area contributed by atoms with Gasteiger partial charge in [-0.1, -0.05) is 62.1 Å². The summed E-state index contributed by atoms with van der Waals surface area (Å²) in [6, 6.07) is 23.7. The second-order valence-corrected chi connectivity index (χ2v) is 10.9. The van der Waals surface area contributed by atoms with Gasteiger partial charge in [-0.3, -0.25) is 14.1 Å². The number of hydrogen-bond donors (Lipinski definition) is 3. The number of anilines is 1. The fourth-order valence-corrected chi connectivity index (χ4v) is 5.56. The van der Waals surface area contributed by atoms with Crippen molar-refractivity contribution in [2.24, 2.45) is 5.92 Å². The molecule has 1 saturated heterocycles. The first-order valence-corrected chi connectivity index (χ1v) is 14.5. The molecule has 1 heterocycles. The molecule has 0 saturated carbocycles. The van der Waals surface area contributed by atoms with Crippen molar-refractivity contribution in [3.63, 3.8) is 0 Å². The molecular weight excluding hydrogens is 540 g/mol. The predicted octanol–water partition coefficient (Wildman–Crippen LogP) is 3.60. The van der Waals surface area contributed by atoms with Gasteiger partial charge in [0.25, 0.3) is 5.91 Å². The number of rotatable bonds is 9. The van der Waals surface area contributed by atoms with Crippen LogP contribution in [0, 0.1) is 17.8 Å². The van der Waals surface area contributed by atoms with Gasteiger partial charge in [0.2, 0.25) is 11.3 Å².